The molecule has 1 heterocycles. The fraction of sp³-hybridized carbons (Fsp3) is 0.368. The quantitative estimate of drug-likeness (QED) is 0.760. The molecule has 102 valence electrons. The van der Waals surface area contributed by atoms with Gasteiger partial charge in [0.05, 0.1) is 6.10 Å². The van der Waals surface area contributed by atoms with E-state index >= 15 is 0 Å². The van der Waals surface area contributed by atoms with Crippen LogP contribution in [-0.4, -0.2) is 12.7 Å². The molecule has 1 atom stereocenters. The first kappa shape index (κ1) is 12.2. The SMILES string of the molecule is c1ccc2c(c1)-c1ccccc1C2C[C@@H]1CCCCO1. The van der Waals surface area contributed by atoms with Crippen molar-refractivity contribution in [3.63, 3.8) is 0 Å². The van der Waals surface area contributed by atoms with Gasteiger partial charge < -0.3 is 4.74 Å². The molecule has 0 unspecified atom stereocenters. The van der Waals surface area contributed by atoms with E-state index in [1.165, 1.54) is 41.5 Å². The summed E-state index contributed by atoms with van der Waals surface area (Å²) >= 11 is 0. The number of ether oxygens (including phenoxy) is 1. The first-order valence-electron chi connectivity index (χ1n) is 7.73. The van der Waals surface area contributed by atoms with Crippen LogP contribution >= 0.6 is 0 Å². The van der Waals surface area contributed by atoms with E-state index in [0.29, 0.717) is 12.0 Å². The van der Waals surface area contributed by atoms with Crippen molar-refractivity contribution < 1.29 is 4.74 Å². The standard InChI is InChI=1S/C19H20O/c1-3-10-17-15(8-1)16-9-2-4-11-18(16)19(17)13-14-7-5-6-12-20-14/h1-4,8-11,14,19H,5-7,12-13H2/t14-/m0/s1. The Morgan fingerprint density at radius 2 is 1.50 bits per heavy atom. The molecule has 0 radical (unpaired) electrons. The van der Waals surface area contributed by atoms with E-state index < -0.39 is 0 Å². The minimum atomic E-state index is 0.438. The topological polar surface area (TPSA) is 9.23 Å². The smallest absolute Gasteiger partial charge is 0.0584 e. The highest BCUT2D eigenvalue weighted by molar-refractivity contribution is 5.78. The van der Waals surface area contributed by atoms with Crippen molar-refractivity contribution in [3.05, 3.63) is 59.7 Å². The fourth-order valence-corrected chi connectivity index (χ4v) is 3.77. The molecule has 1 aliphatic heterocycles. The van der Waals surface area contributed by atoms with Gasteiger partial charge in [-0.1, -0.05) is 48.5 Å². The second-order valence-corrected chi connectivity index (χ2v) is 5.95. The van der Waals surface area contributed by atoms with Gasteiger partial charge in [0, 0.05) is 12.5 Å². The predicted octanol–water partition coefficient (Wildman–Crippen LogP) is 4.76. The summed E-state index contributed by atoms with van der Waals surface area (Å²) in [6.45, 7) is 0.945. The average molecular weight is 264 g/mol. The predicted molar refractivity (Wildman–Crippen MR) is 81.9 cm³/mol. The number of hydrogen-bond donors (Lipinski definition) is 0. The van der Waals surface area contributed by atoms with Crippen molar-refractivity contribution in [3.8, 4) is 11.1 Å². The van der Waals surface area contributed by atoms with E-state index in [0.717, 1.165) is 13.0 Å². The molecule has 1 fully saturated rings. The molecule has 0 bridgehead atoms. The second-order valence-electron chi connectivity index (χ2n) is 5.95. The average Bonchev–Trinajstić information content (AvgIpc) is 2.84. The van der Waals surface area contributed by atoms with Crippen LogP contribution in [0.4, 0.5) is 0 Å². The highest BCUT2D eigenvalue weighted by Crippen LogP contribution is 2.47. The summed E-state index contributed by atoms with van der Waals surface area (Å²) in [5.41, 5.74) is 5.82. The van der Waals surface area contributed by atoms with Gasteiger partial charge in [0.15, 0.2) is 0 Å². The first-order chi connectivity index (χ1) is 9.93. The monoisotopic (exact) mass is 264 g/mol. The van der Waals surface area contributed by atoms with E-state index in [9.17, 15) is 0 Å². The van der Waals surface area contributed by atoms with Crippen LogP contribution in [0, 0.1) is 0 Å². The highest BCUT2D eigenvalue weighted by atomic mass is 16.5. The van der Waals surface area contributed by atoms with E-state index in [4.69, 9.17) is 4.74 Å². The van der Waals surface area contributed by atoms with Crippen molar-refractivity contribution in [1.82, 2.24) is 0 Å². The lowest BCUT2D eigenvalue weighted by molar-refractivity contribution is 0.00910. The summed E-state index contributed by atoms with van der Waals surface area (Å²) in [5, 5.41) is 0. The second kappa shape index (κ2) is 5.06. The van der Waals surface area contributed by atoms with Crippen LogP contribution in [0.25, 0.3) is 11.1 Å². The lowest BCUT2D eigenvalue weighted by Gasteiger charge is -2.26. The minimum absolute atomic E-state index is 0.438. The van der Waals surface area contributed by atoms with Gasteiger partial charge in [-0.3, -0.25) is 0 Å². The molecule has 20 heavy (non-hydrogen) atoms. The maximum atomic E-state index is 5.97. The lowest BCUT2D eigenvalue weighted by Crippen LogP contribution is -2.21. The summed E-state index contributed by atoms with van der Waals surface area (Å²) in [6.07, 6.45) is 5.34. The van der Waals surface area contributed by atoms with Crippen LogP contribution in [-0.2, 0) is 4.74 Å². The van der Waals surface area contributed by atoms with Crippen LogP contribution in [0.3, 0.4) is 0 Å². The van der Waals surface area contributed by atoms with Gasteiger partial charge in [0.25, 0.3) is 0 Å². The number of hydrogen-bond acceptors (Lipinski definition) is 1. The van der Waals surface area contributed by atoms with Gasteiger partial charge in [0.2, 0.25) is 0 Å². The molecule has 0 amide bonds. The summed E-state index contributed by atoms with van der Waals surface area (Å²) in [7, 11) is 0. The van der Waals surface area contributed by atoms with Gasteiger partial charge in [0.1, 0.15) is 0 Å². The Kier molecular flexibility index (Phi) is 3.08. The van der Waals surface area contributed by atoms with Crippen molar-refractivity contribution >= 4 is 0 Å². The Labute approximate surface area is 120 Å². The molecular weight excluding hydrogens is 244 g/mol. The molecule has 1 heteroatoms. The Morgan fingerprint density at radius 1 is 0.850 bits per heavy atom. The van der Waals surface area contributed by atoms with E-state index in [-0.39, 0.29) is 0 Å². The number of fused-ring (bicyclic) bond motifs is 3. The van der Waals surface area contributed by atoms with E-state index in [1.54, 1.807) is 0 Å². The molecule has 1 nitrogen and oxygen atoms in total. The van der Waals surface area contributed by atoms with Crippen molar-refractivity contribution in [2.45, 2.75) is 37.7 Å². The number of benzene rings is 2. The van der Waals surface area contributed by atoms with Crippen molar-refractivity contribution in [1.29, 1.82) is 0 Å². The summed E-state index contributed by atoms with van der Waals surface area (Å²) < 4.78 is 5.97. The maximum absolute atomic E-state index is 5.97. The van der Waals surface area contributed by atoms with Crippen LogP contribution in [0.5, 0.6) is 0 Å². The molecule has 1 saturated heterocycles. The molecule has 2 aliphatic rings. The Balaban J connectivity index is 1.71. The third kappa shape index (κ3) is 1.97. The van der Waals surface area contributed by atoms with Gasteiger partial charge in [-0.15, -0.1) is 0 Å². The zero-order valence-electron chi connectivity index (χ0n) is 11.7. The molecular formula is C19H20O. The molecule has 0 spiro atoms. The first-order valence-corrected chi connectivity index (χ1v) is 7.73. The van der Waals surface area contributed by atoms with Crippen molar-refractivity contribution in [2.75, 3.05) is 6.61 Å². The van der Waals surface area contributed by atoms with E-state index in [2.05, 4.69) is 48.5 Å². The van der Waals surface area contributed by atoms with Crippen LogP contribution in [0.1, 0.15) is 42.7 Å². The molecule has 2 aromatic carbocycles. The summed E-state index contributed by atoms with van der Waals surface area (Å²) in [6, 6.07) is 17.7. The Hall–Kier alpha value is -1.60. The Morgan fingerprint density at radius 3 is 2.10 bits per heavy atom. The summed E-state index contributed by atoms with van der Waals surface area (Å²) in [4.78, 5) is 0. The van der Waals surface area contributed by atoms with Gasteiger partial charge in [-0.2, -0.15) is 0 Å². The normalized spacial score (nSPS) is 21.5. The Bertz CT molecular complexity index is 565. The third-order valence-corrected chi connectivity index (χ3v) is 4.74. The molecule has 0 saturated carbocycles. The highest BCUT2D eigenvalue weighted by Gasteiger charge is 2.30. The van der Waals surface area contributed by atoms with E-state index in [1.807, 2.05) is 0 Å². The zero-order chi connectivity index (χ0) is 13.4. The maximum Gasteiger partial charge on any atom is 0.0584 e. The van der Waals surface area contributed by atoms with Gasteiger partial charge >= 0.3 is 0 Å². The zero-order valence-corrected chi connectivity index (χ0v) is 11.7. The number of rotatable bonds is 2. The largest absolute Gasteiger partial charge is 0.378 e. The molecule has 2 aromatic rings. The summed E-state index contributed by atoms with van der Waals surface area (Å²) in [5.74, 6) is 0.519. The molecule has 0 aromatic heterocycles. The van der Waals surface area contributed by atoms with Crippen LogP contribution in [0.15, 0.2) is 48.5 Å². The van der Waals surface area contributed by atoms with Crippen molar-refractivity contribution in [2.24, 2.45) is 0 Å². The molecule has 4 rings (SSSR count). The van der Waals surface area contributed by atoms with Crippen LogP contribution < -0.4 is 0 Å². The van der Waals surface area contributed by atoms with Crippen LogP contribution in [0.2, 0.25) is 0 Å². The third-order valence-electron chi connectivity index (χ3n) is 4.74. The molecule has 1 aliphatic carbocycles. The van der Waals surface area contributed by atoms with Gasteiger partial charge in [-0.05, 0) is 47.9 Å². The lowest BCUT2D eigenvalue weighted by atomic mass is 9.89. The minimum Gasteiger partial charge on any atom is -0.378 e. The fourth-order valence-electron chi connectivity index (χ4n) is 3.77. The van der Waals surface area contributed by atoms with Gasteiger partial charge in [-0.25, -0.2) is 0 Å². The molecule has 0 N–H and O–H groups in total.